The van der Waals surface area contributed by atoms with E-state index in [9.17, 15) is 10.1 Å². The number of aliphatic carboxylic acids is 1. The van der Waals surface area contributed by atoms with Gasteiger partial charge in [0.2, 0.25) is 0 Å². The number of hydrogen-bond acceptors (Lipinski definition) is 4. The smallest absolute Gasteiger partial charge is 0.313 e. The minimum Gasteiger partial charge on any atom is -0.481 e. The lowest BCUT2D eigenvalue weighted by Crippen LogP contribution is -1.97. The molecule has 0 saturated heterocycles. The number of nitriles is 1. The van der Waals surface area contributed by atoms with Crippen LogP contribution in [0.25, 0.3) is 27.5 Å². The normalized spacial score (nSPS) is 10.9. The van der Waals surface area contributed by atoms with E-state index in [0.717, 1.165) is 32.4 Å². The van der Waals surface area contributed by atoms with Crippen molar-refractivity contribution in [1.29, 1.82) is 5.26 Å². The number of carboxylic acid groups (broad SMARTS) is 1. The fraction of sp³-hybridized carbons (Fsp3) is 0.0500. The van der Waals surface area contributed by atoms with Gasteiger partial charge in [0.15, 0.2) is 0 Å². The van der Waals surface area contributed by atoms with Crippen molar-refractivity contribution in [2.45, 2.75) is 4.90 Å². The lowest BCUT2D eigenvalue weighted by Gasteiger charge is -2.10. The summed E-state index contributed by atoms with van der Waals surface area (Å²) in [7, 11) is 0. The maximum absolute atomic E-state index is 11.0. The van der Waals surface area contributed by atoms with Crippen molar-refractivity contribution in [3.63, 3.8) is 0 Å². The van der Waals surface area contributed by atoms with Crippen LogP contribution in [0.3, 0.4) is 0 Å². The van der Waals surface area contributed by atoms with Gasteiger partial charge >= 0.3 is 5.97 Å². The molecule has 0 spiro atoms. The van der Waals surface area contributed by atoms with Crippen LogP contribution in [0.15, 0.2) is 65.8 Å². The van der Waals surface area contributed by atoms with Gasteiger partial charge in [-0.3, -0.25) is 9.78 Å². The number of fused-ring (bicyclic) bond motifs is 2. The highest BCUT2D eigenvalue weighted by molar-refractivity contribution is 8.00. The first kappa shape index (κ1) is 16.2. The van der Waals surface area contributed by atoms with E-state index in [1.54, 1.807) is 6.20 Å². The monoisotopic (exact) mass is 359 g/mol. The van der Waals surface area contributed by atoms with Gasteiger partial charge < -0.3 is 9.67 Å². The standard InChI is InChI=1S/C20H13N3O2S/c21-10-13-7-8-16(15-5-2-1-4-14(13)15)23-11-18(26-12-19(24)25)20-17(23)6-3-9-22-20/h1-9,11H,12H2,(H,24,25). The quantitative estimate of drug-likeness (QED) is 0.552. The SMILES string of the molecule is N#Cc1ccc(-n2cc(SCC(=O)O)c3ncccc32)c2ccccc12. The van der Waals surface area contributed by atoms with Gasteiger partial charge in [-0.05, 0) is 24.3 Å². The Morgan fingerprint density at radius 2 is 1.96 bits per heavy atom. The number of carboxylic acids is 1. The van der Waals surface area contributed by atoms with Gasteiger partial charge in [-0.1, -0.05) is 24.3 Å². The highest BCUT2D eigenvalue weighted by Crippen LogP contribution is 2.33. The molecule has 0 amide bonds. The molecular formula is C20H13N3O2S. The molecule has 0 aliphatic carbocycles. The maximum atomic E-state index is 11.0. The summed E-state index contributed by atoms with van der Waals surface area (Å²) in [6.45, 7) is 0. The molecular weight excluding hydrogens is 346 g/mol. The largest absolute Gasteiger partial charge is 0.481 e. The number of rotatable bonds is 4. The zero-order chi connectivity index (χ0) is 18.1. The van der Waals surface area contributed by atoms with Gasteiger partial charge in [0.25, 0.3) is 0 Å². The van der Waals surface area contributed by atoms with Gasteiger partial charge in [0, 0.05) is 23.2 Å². The number of nitrogens with zero attached hydrogens (tertiary/aromatic N) is 3. The van der Waals surface area contributed by atoms with Crippen LogP contribution in [0.4, 0.5) is 0 Å². The van der Waals surface area contributed by atoms with E-state index in [2.05, 4.69) is 11.1 Å². The Bertz CT molecular complexity index is 1190. The van der Waals surface area contributed by atoms with Gasteiger partial charge in [-0.15, -0.1) is 11.8 Å². The lowest BCUT2D eigenvalue weighted by atomic mass is 10.0. The molecule has 26 heavy (non-hydrogen) atoms. The second-order valence-corrected chi connectivity index (χ2v) is 6.72. The molecule has 0 aliphatic rings. The Balaban J connectivity index is 1.97. The molecule has 2 aromatic heterocycles. The van der Waals surface area contributed by atoms with E-state index in [1.165, 1.54) is 11.8 Å². The zero-order valence-corrected chi connectivity index (χ0v) is 14.4. The lowest BCUT2D eigenvalue weighted by molar-refractivity contribution is -0.133. The van der Waals surface area contributed by atoms with Crippen molar-refractivity contribution in [3.8, 4) is 11.8 Å². The van der Waals surface area contributed by atoms with E-state index in [-0.39, 0.29) is 5.75 Å². The first-order valence-electron chi connectivity index (χ1n) is 7.92. The predicted molar refractivity (Wildman–Crippen MR) is 102 cm³/mol. The van der Waals surface area contributed by atoms with Crippen molar-refractivity contribution in [2.75, 3.05) is 5.75 Å². The van der Waals surface area contributed by atoms with Gasteiger partial charge in [-0.25, -0.2) is 0 Å². The second kappa shape index (κ2) is 6.54. The molecule has 0 fully saturated rings. The summed E-state index contributed by atoms with van der Waals surface area (Å²) in [6.07, 6.45) is 3.62. The fourth-order valence-electron chi connectivity index (χ4n) is 3.06. The number of hydrogen-bond donors (Lipinski definition) is 1. The van der Waals surface area contributed by atoms with Crippen LogP contribution < -0.4 is 0 Å². The van der Waals surface area contributed by atoms with Crippen LogP contribution in [-0.2, 0) is 4.79 Å². The number of benzene rings is 2. The van der Waals surface area contributed by atoms with Crippen LogP contribution in [0.5, 0.6) is 0 Å². The van der Waals surface area contributed by atoms with E-state index in [4.69, 9.17) is 5.11 Å². The Hall–Kier alpha value is -3.30. The second-order valence-electron chi connectivity index (χ2n) is 5.71. The Morgan fingerprint density at radius 3 is 2.73 bits per heavy atom. The molecule has 6 heteroatoms. The highest BCUT2D eigenvalue weighted by Gasteiger charge is 2.15. The van der Waals surface area contributed by atoms with Gasteiger partial charge in [-0.2, -0.15) is 5.26 Å². The third kappa shape index (κ3) is 2.68. The van der Waals surface area contributed by atoms with Crippen LogP contribution in [0.2, 0.25) is 0 Å². The molecule has 0 unspecified atom stereocenters. The van der Waals surface area contributed by atoms with E-state index < -0.39 is 5.97 Å². The summed E-state index contributed by atoms with van der Waals surface area (Å²) >= 11 is 1.25. The highest BCUT2D eigenvalue weighted by atomic mass is 32.2. The van der Waals surface area contributed by atoms with E-state index >= 15 is 0 Å². The van der Waals surface area contributed by atoms with Crippen molar-refractivity contribution >= 4 is 39.5 Å². The van der Waals surface area contributed by atoms with Crippen LogP contribution in [0, 0.1) is 11.3 Å². The number of pyridine rings is 1. The molecule has 126 valence electrons. The minimum absolute atomic E-state index is 0.0240. The van der Waals surface area contributed by atoms with Crippen molar-refractivity contribution in [3.05, 3.63) is 66.5 Å². The third-order valence-corrected chi connectivity index (χ3v) is 5.16. The first-order chi connectivity index (χ1) is 12.7. The fourth-order valence-corrected chi connectivity index (χ4v) is 3.82. The van der Waals surface area contributed by atoms with Crippen LogP contribution >= 0.6 is 11.8 Å². The molecule has 2 aromatic carbocycles. The molecule has 0 radical (unpaired) electrons. The average Bonchev–Trinajstić information content (AvgIpc) is 3.04. The average molecular weight is 359 g/mol. The minimum atomic E-state index is -0.865. The molecule has 4 rings (SSSR count). The van der Waals surface area contributed by atoms with E-state index in [1.807, 2.05) is 59.3 Å². The summed E-state index contributed by atoms with van der Waals surface area (Å²) < 4.78 is 2.01. The molecule has 1 N–H and O–H groups in total. The van der Waals surface area contributed by atoms with Crippen LogP contribution in [-0.4, -0.2) is 26.4 Å². The van der Waals surface area contributed by atoms with Crippen molar-refractivity contribution in [2.24, 2.45) is 0 Å². The molecule has 0 bridgehead atoms. The number of aromatic nitrogens is 2. The topological polar surface area (TPSA) is 78.9 Å². The molecule has 4 aromatic rings. The first-order valence-corrected chi connectivity index (χ1v) is 8.90. The van der Waals surface area contributed by atoms with Gasteiger partial charge in [0.1, 0.15) is 5.52 Å². The predicted octanol–water partition coefficient (Wildman–Crippen LogP) is 4.23. The summed E-state index contributed by atoms with van der Waals surface area (Å²) in [5.74, 6) is -0.889. The Morgan fingerprint density at radius 1 is 1.15 bits per heavy atom. The maximum Gasteiger partial charge on any atom is 0.313 e. The Kier molecular flexibility index (Phi) is 4.07. The molecule has 2 heterocycles. The summed E-state index contributed by atoms with van der Waals surface area (Å²) in [6, 6.07) is 17.5. The molecule has 5 nitrogen and oxygen atoms in total. The number of carbonyl (C=O) groups is 1. The zero-order valence-electron chi connectivity index (χ0n) is 13.6. The molecule has 0 atom stereocenters. The summed E-state index contributed by atoms with van der Waals surface area (Å²) in [5.41, 5.74) is 3.22. The number of thioether (sulfide) groups is 1. The van der Waals surface area contributed by atoms with Crippen LogP contribution in [0.1, 0.15) is 5.56 Å². The van der Waals surface area contributed by atoms with Crippen molar-refractivity contribution < 1.29 is 9.90 Å². The summed E-state index contributed by atoms with van der Waals surface area (Å²) in [4.78, 5) is 16.2. The molecule has 0 saturated carbocycles. The van der Waals surface area contributed by atoms with E-state index in [0.29, 0.717) is 5.56 Å². The third-order valence-electron chi connectivity index (χ3n) is 4.16. The van der Waals surface area contributed by atoms with Gasteiger partial charge in [0.05, 0.1) is 33.5 Å². The molecule has 0 aliphatic heterocycles. The Labute approximate surface area is 153 Å². The van der Waals surface area contributed by atoms with Crippen molar-refractivity contribution in [1.82, 2.24) is 9.55 Å². The summed E-state index contributed by atoms with van der Waals surface area (Å²) in [5, 5.41) is 20.2.